The van der Waals surface area contributed by atoms with Crippen LogP contribution in [0.5, 0.6) is 0 Å². The summed E-state index contributed by atoms with van der Waals surface area (Å²) in [6.07, 6.45) is 3.07. The molecule has 1 aromatic rings. The summed E-state index contributed by atoms with van der Waals surface area (Å²) in [5.41, 5.74) is 1.21. The monoisotopic (exact) mass is 289 g/mol. The Labute approximate surface area is 126 Å². The number of esters is 1. The third-order valence-electron chi connectivity index (χ3n) is 3.64. The van der Waals surface area contributed by atoms with E-state index in [1.54, 1.807) is 6.92 Å². The van der Waals surface area contributed by atoms with Crippen LogP contribution >= 0.6 is 0 Å². The Morgan fingerprint density at radius 3 is 2.52 bits per heavy atom. The standard InChI is InChI=1S/C17H23NO3/c1-2-21-16(19)11-13-18(17(20)15-8-9-15)12-10-14-6-4-3-5-7-14/h3-7,15H,2,8-13H2,1H3. The Kier molecular flexibility index (Phi) is 5.78. The van der Waals surface area contributed by atoms with Crippen molar-refractivity contribution in [3.8, 4) is 0 Å². The lowest BCUT2D eigenvalue weighted by atomic mass is 10.1. The summed E-state index contributed by atoms with van der Waals surface area (Å²) in [7, 11) is 0. The zero-order valence-electron chi connectivity index (χ0n) is 12.6. The zero-order chi connectivity index (χ0) is 15.1. The molecule has 114 valence electrons. The molecule has 1 aliphatic rings. The van der Waals surface area contributed by atoms with Gasteiger partial charge in [-0.1, -0.05) is 30.3 Å². The first-order valence-electron chi connectivity index (χ1n) is 7.69. The molecule has 0 N–H and O–H groups in total. The average Bonchev–Trinajstić information content (AvgIpc) is 3.33. The number of ether oxygens (including phenoxy) is 1. The van der Waals surface area contributed by atoms with E-state index in [2.05, 4.69) is 12.1 Å². The molecule has 0 unspecified atom stereocenters. The van der Waals surface area contributed by atoms with Crippen molar-refractivity contribution >= 4 is 11.9 Å². The number of benzene rings is 1. The molecule has 1 fully saturated rings. The maximum absolute atomic E-state index is 12.3. The molecular formula is C17H23NO3. The van der Waals surface area contributed by atoms with Crippen LogP contribution in [0.3, 0.4) is 0 Å². The molecule has 21 heavy (non-hydrogen) atoms. The highest BCUT2D eigenvalue weighted by atomic mass is 16.5. The van der Waals surface area contributed by atoms with Gasteiger partial charge in [-0.3, -0.25) is 9.59 Å². The van der Waals surface area contributed by atoms with E-state index in [1.165, 1.54) is 5.56 Å². The van der Waals surface area contributed by atoms with E-state index in [9.17, 15) is 9.59 Å². The second-order valence-electron chi connectivity index (χ2n) is 5.39. The molecule has 4 heteroatoms. The average molecular weight is 289 g/mol. The molecule has 4 nitrogen and oxygen atoms in total. The summed E-state index contributed by atoms with van der Waals surface area (Å²) < 4.78 is 4.93. The van der Waals surface area contributed by atoms with Gasteiger partial charge in [-0.05, 0) is 31.7 Å². The lowest BCUT2D eigenvalue weighted by molar-refractivity contribution is -0.144. The van der Waals surface area contributed by atoms with Crippen LogP contribution in [0.1, 0.15) is 31.7 Å². The zero-order valence-corrected chi connectivity index (χ0v) is 12.6. The van der Waals surface area contributed by atoms with Crippen molar-refractivity contribution in [2.45, 2.75) is 32.6 Å². The van der Waals surface area contributed by atoms with Gasteiger partial charge in [0, 0.05) is 19.0 Å². The largest absolute Gasteiger partial charge is 0.466 e. The molecule has 0 atom stereocenters. The first-order valence-corrected chi connectivity index (χ1v) is 7.69. The molecular weight excluding hydrogens is 266 g/mol. The summed E-state index contributed by atoms with van der Waals surface area (Å²) in [6, 6.07) is 10.1. The summed E-state index contributed by atoms with van der Waals surface area (Å²) in [4.78, 5) is 25.6. The van der Waals surface area contributed by atoms with Crippen molar-refractivity contribution in [3.63, 3.8) is 0 Å². The summed E-state index contributed by atoms with van der Waals surface area (Å²) in [6.45, 7) is 3.31. The van der Waals surface area contributed by atoms with Gasteiger partial charge in [0.2, 0.25) is 5.91 Å². The highest BCUT2D eigenvalue weighted by Gasteiger charge is 2.33. The quantitative estimate of drug-likeness (QED) is 0.690. The van der Waals surface area contributed by atoms with E-state index < -0.39 is 0 Å². The van der Waals surface area contributed by atoms with Crippen LogP contribution in [0.4, 0.5) is 0 Å². The van der Waals surface area contributed by atoms with Crippen LogP contribution in [0.25, 0.3) is 0 Å². The maximum Gasteiger partial charge on any atom is 0.307 e. The van der Waals surface area contributed by atoms with E-state index in [0.29, 0.717) is 19.7 Å². The molecule has 0 aliphatic heterocycles. The van der Waals surface area contributed by atoms with Crippen LogP contribution in [0, 0.1) is 5.92 Å². The molecule has 0 aromatic heterocycles. The highest BCUT2D eigenvalue weighted by Crippen LogP contribution is 2.31. The van der Waals surface area contributed by atoms with E-state index in [4.69, 9.17) is 4.74 Å². The maximum atomic E-state index is 12.3. The number of rotatable bonds is 8. The number of amides is 1. The van der Waals surface area contributed by atoms with Gasteiger partial charge in [0.1, 0.15) is 0 Å². The lowest BCUT2D eigenvalue weighted by Crippen LogP contribution is -2.36. The molecule has 1 aromatic carbocycles. The van der Waals surface area contributed by atoms with Crippen LogP contribution in [0.2, 0.25) is 0 Å². The molecule has 1 aliphatic carbocycles. The number of carbonyl (C=O) groups is 2. The van der Waals surface area contributed by atoms with Gasteiger partial charge < -0.3 is 9.64 Å². The molecule has 0 heterocycles. The van der Waals surface area contributed by atoms with Gasteiger partial charge in [0.05, 0.1) is 13.0 Å². The van der Waals surface area contributed by atoms with Crippen molar-refractivity contribution in [1.82, 2.24) is 4.90 Å². The predicted octanol–water partition coefficient (Wildman–Crippen LogP) is 2.42. The van der Waals surface area contributed by atoms with Crippen molar-refractivity contribution in [2.24, 2.45) is 5.92 Å². The minimum Gasteiger partial charge on any atom is -0.466 e. The summed E-state index contributed by atoms with van der Waals surface area (Å²) >= 11 is 0. The third kappa shape index (κ3) is 5.21. The van der Waals surface area contributed by atoms with Crippen LogP contribution in [0.15, 0.2) is 30.3 Å². The fourth-order valence-corrected chi connectivity index (χ4v) is 2.29. The first-order chi connectivity index (χ1) is 10.2. The SMILES string of the molecule is CCOC(=O)CCN(CCc1ccccc1)C(=O)C1CC1. The summed E-state index contributed by atoms with van der Waals surface area (Å²) in [5, 5.41) is 0. The second kappa shape index (κ2) is 7.81. The van der Waals surface area contributed by atoms with E-state index in [-0.39, 0.29) is 24.2 Å². The highest BCUT2D eigenvalue weighted by molar-refractivity contribution is 5.81. The number of nitrogens with zero attached hydrogens (tertiary/aromatic N) is 1. The van der Waals surface area contributed by atoms with Gasteiger partial charge in [-0.15, -0.1) is 0 Å². The van der Waals surface area contributed by atoms with Gasteiger partial charge in [-0.2, -0.15) is 0 Å². The predicted molar refractivity (Wildman–Crippen MR) is 80.7 cm³/mol. The normalized spacial score (nSPS) is 13.8. The van der Waals surface area contributed by atoms with Crippen LogP contribution < -0.4 is 0 Å². The molecule has 1 saturated carbocycles. The van der Waals surface area contributed by atoms with Gasteiger partial charge in [0.15, 0.2) is 0 Å². The Hall–Kier alpha value is -1.84. The molecule has 0 spiro atoms. The third-order valence-corrected chi connectivity index (χ3v) is 3.64. The molecule has 2 rings (SSSR count). The van der Waals surface area contributed by atoms with Gasteiger partial charge in [0.25, 0.3) is 0 Å². The van der Waals surface area contributed by atoms with Crippen molar-refractivity contribution < 1.29 is 14.3 Å². The van der Waals surface area contributed by atoms with Crippen molar-refractivity contribution in [3.05, 3.63) is 35.9 Å². The van der Waals surface area contributed by atoms with Crippen LogP contribution in [-0.4, -0.2) is 36.5 Å². The first kappa shape index (κ1) is 15.5. The number of carbonyl (C=O) groups excluding carboxylic acids is 2. The van der Waals surface area contributed by atoms with E-state index >= 15 is 0 Å². The number of hydrogen-bond acceptors (Lipinski definition) is 3. The molecule has 1 amide bonds. The minimum absolute atomic E-state index is 0.183. The van der Waals surface area contributed by atoms with E-state index in [1.807, 2.05) is 23.1 Å². The molecule has 0 saturated heterocycles. The topological polar surface area (TPSA) is 46.6 Å². The molecule has 0 bridgehead atoms. The van der Waals surface area contributed by atoms with Gasteiger partial charge in [-0.25, -0.2) is 0 Å². The van der Waals surface area contributed by atoms with E-state index in [0.717, 1.165) is 19.3 Å². The Balaban J connectivity index is 1.86. The Morgan fingerprint density at radius 1 is 1.19 bits per heavy atom. The Morgan fingerprint density at radius 2 is 1.90 bits per heavy atom. The second-order valence-corrected chi connectivity index (χ2v) is 5.39. The fraction of sp³-hybridized carbons (Fsp3) is 0.529. The van der Waals surface area contributed by atoms with Gasteiger partial charge >= 0.3 is 5.97 Å². The van der Waals surface area contributed by atoms with Crippen molar-refractivity contribution in [1.29, 1.82) is 0 Å². The number of hydrogen-bond donors (Lipinski definition) is 0. The molecule has 0 radical (unpaired) electrons. The van der Waals surface area contributed by atoms with Crippen LogP contribution in [-0.2, 0) is 20.7 Å². The fourth-order valence-electron chi connectivity index (χ4n) is 2.29. The van der Waals surface area contributed by atoms with Crippen molar-refractivity contribution in [2.75, 3.05) is 19.7 Å². The minimum atomic E-state index is -0.231. The Bertz CT molecular complexity index is 468. The smallest absolute Gasteiger partial charge is 0.307 e. The summed E-state index contributed by atoms with van der Waals surface area (Å²) in [5.74, 6) is 0.143. The lowest BCUT2D eigenvalue weighted by Gasteiger charge is -2.22.